The molecule has 2 heteroatoms. The van der Waals surface area contributed by atoms with Gasteiger partial charge < -0.3 is 10.1 Å². The van der Waals surface area contributed by atoms with Crippen LogP contribution in [-0.2, 0) is 4.74 Å². The molecule has 1 aliphatic heterocycles. The molecule has 86 valence electrons. The average Bonchev–Trinajstić information content (AvgIpc) is 3.02. The van der Waals surface area contributed by atoms with E-state index in [1.165, 1.54) is 38.5 Å². The molecule has 0 aromatic carbocycles. The molecule has 2 nitrogen and oxygen atoms in total. The summed E-state index contributed by atoms with van der Waals surface area (Å²) in [4.78, 5) is 0. The Hall–Kier alpha value is -0.0800. The summed E-state index contributed by atoms with van der Waals surface area (Å²) in [6.45, 7) is 4.38. The van der Waals surface area contributed by atoms with Crippen LogP contribution >= 0.6 is 0 Å². The van der Waals surface area contributed by atoms with Gasteiger partial charge in [0.05, 0.1) is 12.2 Å². The van der Waals surface area contributed by atoms with E-state index in [9.17, 15) is 0 Å². The van der Waals surface area contributed by atoms with Crippen LogP contribution < -0.4 is 5.32 Å². The molecule has 1 saturated heterocycles. The van der Waals surface area contributed by atoms with Crippen LogP contribution in [0.4, 0.5) is 0 Å². The highest BCUT2D eigenvalue weighted by Crippen LogP contribution is 2.46. The highest BCUT2D eigenvalue weighted by molar-refractivity contribution is 5.05. The summed E-state index contributed by atoms with van der Waals surface area (Å²) >= 11 is 0. The summed E-state index contributed by atoms with van der Waals surface area (Å²) in [5.74, 6) is 1.79. The second-order valence-corrected chi connectivity index (χ2v) is 5.88. The first-order valence-electron chi connectivity index (χ1n) is 6.67. The van der Waals surface area contributed by atoms with Gasteiger partial charge in [0.1, 0.15) is 0 Å². The van der Waals surface area contributed by atoms with E-state index in [0.29, 0.717) is 6.04 Å². The van der Waals surface area contributed by atoms with E-state index in [2.05, 4.69) is 12.2 Å². The predicted octanol–water partition coefficient (Wildman–Crippen LogP) is 2.33. The average molecular weight is 209 g/mol. The van der Waals surface area contributed by atoms with Crippen molar-refractivity contribution in [2.45, 2.75) is 57.1 Å². The standard InChI is InChI=1S/C13H23NO/c1-10-3-2-6-13(9-10)12(11-4-5-11)14-7-8-15-13/h10-12,14H,2-9H2,1H3. The van der Waals surface area contributed by atoms with Crippen LogP contribution in [0.2, 0.25) is 0 Å². The Balaban J connectivity index is 1.78. The molecular formula is C13H23NO. The van der Waals surface area contributed by atoms with E-state index >= 15 is 0 Å². The lowest BCUT2D eigenvalue weighted by Crippen LogP contribution is -2.60. The van der Waals surface area contributed by atoms with Crippen molar-refractivity contribution in [1.29, 1.82) is 0 Å². The van der Waals surface area contributed by atoms with Crippen molar-refractivity contribution in [2.75, 3.05) is 13.2 Å². The van der Waals surface area contributed by atoms with Gasteiger partial charge in [-0.2, -0.15) is 0 Å². The molecule has 15 heavy (non-hydrogen) atoms. The zero-order chi connectivity index (χ0) is 10.3. The highest BCUT2D eigenvalue weighted by atomic mass is 16.5. The normalized spacial score (nSPS) is 47.0. The van der Waals surface area contributed by atoms with E-state index in [1.807, 2.05) is 0 Å². The maximum atomic E-state index is 6.23. The van der Waals surface area contributed by atoms with Gasteiger partial charge in [0.15, 0.2) is 0 Å². The third kappa shape index (κ3) is 1.83. The predicted molar refractivity (Wildman–Crippen MR) is 60.8 cm³/mol. The van der Waals surface area contributed by atoms with Crippen LogP contribution in [0.3, 0.4) is 0 Å². The molecule has 2 aliphatic carbocycles. The smallest absolute Gasteiger partial charge is 0.0840 e. The number of hydrogen-bond donors (Lipinski definition) is 1. The van der Waals surface area contributed by atoms with Crippen molar-refractivity contribution in [1.82, 2.24) is 5.32 Å². The summed E-state index contributed by atoms with van der Waals surface area (Å²) < 4.78 is 6.23. The molecule has 3 fully saturated rings. The summed E-state index contributed by atoms with van der Waals surface area (Å²) in [7, 11) is 0. The third-order valence-corrected chi connectivity index (χ3v) is 4.51. The molecule has 3 rings (SSSR count). The topological polar surface area (TPSA) is 21.3 Å². The zero-order valence-electron chi connectivity index (χ0n) is 9.80. The molecule has 0 radical (unpaired) electrons. The second-order valence-electron chi connectivity index (χ2n) is 5.88. The molecule has 3 aliphatic rings. The molecule has 3 unspecified atom stereocenters. The Morgan fingerprint density at radius 2 is 2.13 bits per heavy atom. The van der Waals surface area contributed by atoms with Crippen LogP contribution in [0.1, 0.15) is 45.4 Å². The van der Waals surface area contributed by atoms with Gasteiger partial charge >= 0.3 is 0 Å². The van der Waals surface area contributed by atoms with Crippen molar-refractivity contribution in [3.8, 4) is 0 Å². The molecule has 1 N–H and O–H groups in total. The maximum absolute atomic E-state index is 6.23. The van der Waals surface area contributed by atoms with Crippen molar-refractivity contribution >= 4 is 0 Å². The van der Waals surface area contributed by atoms with Crippen LogP contribution in [0.5, 0.6) is 0 Å². The number of morpholine rings is 1. The van der Waals surface area contributed by atoms with Gasteiger partial charge in [-0.25, -0.2) is 0 Å². The van der Waals surface area contributed by atoms with Crippen molar-refractivity contribution < 1.29 is 4.74 Å². The first kappa shape index (κ1) is 10.1. The minimum absolute atomic E-state index is 0.219. The fourth-order valence-corrected chi connectivity index (χ4v) is 3.73. The van der Waals surface area contributed by atoms with Crippen LogP contribution in [0, 0.1) is 11.8 Å². The van der Waals surface area contributed by atoms with E-state index in [0.717, 1.165) is 25.0 Å². The molecule has 0 aromatic heterocycles. The Morgan fingerprint density at radius 1 is 1.27 bits per heavy atom. The first-order chi connectivity index (χ1) is 7.30. The van der Waals surface area contributed by atoms with Gasteiger partial charge in [0, 0.05) is 12.6 Å². The van der Waals surface area contributed by atoms with E-state index in [1.54, 1.807) is 0 Å². The molecule has 0 bridgehead atoms. The summed E-state index contributed by atoms with van der Waals surface area (Å²) in [5, 5.41) is 3.74. The first-order valence-corrected chi connectivity index (χ1v) is 6.67. The fourth-order valence-electron chi connectivity index (χ4n) is 3.73. The zero-order valence-corrected chi connectivity index (χ0v) is 9.80. The molecule has 0 aromatic rings. The molecule has 1 heterocycles. The van der Waals surface area contributed by atoms with Gasteiger partial charge in [0.25, 0.3) is 0 Å². The Morgan fingerprint density at radius 3 is 2.87 bits per heavy atom. The lowest BCUT2D eigenvalue weighted by molar-refractivity contribution is -0.131. The lowest BCUT2D eigenvalue weighted by Gasteiger charge is -2.49. The third-order valence-electron chi connectivity index (χ3n) is 4.51. The van der Waals surface area contributed by atoms with E-state index in [-0.39, 0.29) is 5.60 Å². The maximum Gasteiger partial charge on any atom is 0.0840 e. The number of nitrogens with one attached hydrogen (secondary N) is 1. The molecular weight excluding hydrogens is 186 g/mol. The molecule has 2 saturated carbocycles. The van der Waals surface area contributed by atoms with Crippen molar-refractivity contribution in [3.63, 3.8) is 0 Å². The minimum atomic E-state index is 0.219. The minimum Gasteiger partial charge on any atom is -0.372 e. The molecule has 1 spiro atoms. The van der Waals surface area contributed by atoms with Crippen LogP contribution in [0.15, 0.2) is 0 Å². The summed E-state index contributed by atoms with van der Waals surface area (Å²) in [6.07, 6.45) is 8.22. The highest BCUT2D eigenvalue weighted by Gasteiger charge is 2.50. The molecule has 3 atom stereocenters. The number of ether oxygens (including phenoxy) is 1. The summed E-state index contributed by atoms with van der Waals surface area (Å²) in [6, 6.07) is 0.675. The Kier molecular flexibility index (Phi) is 2.52. The van der Waals surface area contributed by atoms with Crippen LogP contribution in [0.25, 0.3) is 0 Å². The van der Waals surface area contributed by atoms with Gasteiger partial charge in [-0.1, -0.05) is 19.8 Å². The Labute approximate surface area is 92.8 Å². The lowest BCUT2D eigenvalue weighted by atomic mass is 9.72. The quantitative estimate of drug-likeness (QED) is 0.715. The van der Waals surface area contributed by atoms with Gasteiger partial charge in [-0.05, 0) is 37.5 Å². The number of hydrogen-bond acceptors (Lipinski definition) is 2. The second kappa shape index (κ2) is 3.74. The fraction of sp³-hybridized carbons (Fsp3) is 1.00. The van der Waals surface area contributed by atoms with E-state index in [4.69, 9.17) is 4.74 Å². The summed E-state index contributed by atoms with van der Waals surface area (Å²) in [5.41, 5.74) is 0.219. The van der Waals surface area contributed by atoms with Gasteiger partial charge in [-0.15, -0.1) is 0 Å². The van der Waals surface area contributed by atoms with Crippen molar-refractivity contribution in [2.24, 2.45) is 11.8 Å². The Bertz CT molecular complexity index is 235. The van der Waals surface area contributed by atoms with Gasteiger partial charge in [0.2, 0.25) is 0 Å². The van der Waals surface area contributed by atoms with Crippen molar-refractivity contribution in [3.05, 3.63) is 0 Å². The van der Waals surface area contributed by atoms with Crippen LogP contribution in [-0.4, -0.2) is 24.8 Å². The SMILES string of the molecule is CC1CCCC2(C1)OCCNC2C1CC1. The van der Waals surface area contributed by atoms with Gasteiger partial charge in [-0.3, -0.25) is 0 Å². The number of rotatable bonds is 1. The largest absolute Gasteiger partial charge is 0.372 e. The monoisotopic (exact) mass is 209 g/mol. The molecule has 0 amide bonds. The van der Waals surface area contributed by atoms with E-state index < -0.39 is 0 Å².